The number of para-hydroxylation sites is 3. The van der Waals surface area contributed by atoms with Gasteiger partial charge in [-0.1, -0.05) is 36.9 Å². The minimum absolute atomic E-state index is 0.167. The molecule has 0 aliphatic rings. The highest BCUT2D eigenvalue weighted by Gasteiger charge is 2.13. The van der Waals surface area contributed by atoms with E-state index in [0.717, 1.165) is 0 Å². The molecule has 0 aliphatic heterocycles. The Labute approximate surface area is 146 Å². The Balaban J connectivity index is 2.06. The summed E-state index contributed by atoms with van der Waals surface area (Å²) in [5, 5.41) is 5.75. The fourth-order valence-electron chi connectivity index (χ4n) is 2.00. The molecule has 124 valence electrons. The molecule has 2 N–H and O–H groups in total. The highest BCUT2D eigenvalue weighted by molar-refractivity contribution is 7.80. The first-order valence-corrected chi connectivity index (χ1v) is 7.64. The van der Waals surface area contributed by atoms with Crippen LogP contribution in [-0.4, -0.2) is 24.7 Å². The predicted octanol–water partition coefficient (Wildman–Crippen LogP) is 3.39. The molecule has 1 amide bonds. The molecule has 2 aromatic rings. The summed E-state index contributed by atoms with van der Waals surface area (Å²) in [6.07, 6.45) is 1.65. The van der Waals surface area contributed by atoms with Gasteiger partial charge < -0.3 is 14.8 Å². The van der Waals surface area contributed by atoms with Gasteiger partial charge in [-0.15, -0.1) is 0 Å². The molecule has 0 saturated heterocycles. The molecule has 0 spiro atoms. The molecule has 0 bridgehead atoms. The molecule has 0 radical (unpaired) electrons. The summed E-state index contributed by atoms with van der Waals surface area (Å²) in [4.78, 5) is 12.3. The molecule has 24 heavy (non-hydrogen) atoms. The number of amides is 1. The molecular weight excluding hydrogens is 324 g/mol. The van der Waals surface area contributed by atoms with Crippen molar-refractivity contribution in [2.45, 2.75) is 0 Å². The van der Waals surface area contributed by atoms with Crippen molar-refractivity contribution in [3.05, 3.63) is 66.7 Å². The molecule has 0 aromatic heterocycles. The second-order valence-corrected chi connectivity index (χ2v) is 5.11. The number of carbonyl (C=O) groups excluding carboxylic acids is 1. The summed E-state index contributed by atoms with van der Waals surface area (Å²) in [5.74, 6) is 0.744. The predicted molar refractivity (Wildman–Crippen MR) is 98.8 cm³/mol. The zero-order chi connectivity index (χ0) is 17.4. The summed E-state index contributed by atoms with van der Waals surface area (Å²) in [6.45, 7) is 3.99. The Morgan fingerprint density at radius 3 is 2.54 bits per heavy atom. The molecular formula is C18H18N2O3S. The highest BCUT2D eigenvalue weighted by Crippen LogP contribution is 2.23. The second kappa shape index (κ2) is 8.69. The number of anilines is 1. The molecule has 0 aliphatic carbocycles. The van der Waals surface area contributed by atoms with Crippen molar-refractivity contribution in [2.75, 3.05) is 19.0 Å². The summed E-state index contributed by atoms with van der Waals surface area (Å²) >= 11 is 5.20. The van der Waals surface area contributed by atoms with Crippen LogP contribution in [0.4, 0.5) is 5.69 Å². The standard InChI is InChI=1S/C18H18N2O3S/c1-3-12-23-16-11-7-5-9-14(16)19-18(24)20-17(21)13-8-4-6-10-15(13)22-2/h3-11H,1,12H2,2H3,(H2,19,20,21,24). The Hall–Kier alpha value is -2.86. The Morgan fingerprint density at radius 2 is 1.83 bits per heavy atom. The van der Waals surface area contributed by atoms with Crippen LogP contribution in [0.25, 0.3) is 0 Å². The van der Waals surface area contributed by atoms with Gasteiger partial charge in [-0.3, -0.25) is 10.1 Å². The second-order valence-electron chi connectivity index (χ2n) is 4.70. The summed E-state index contributed by atoms with van der Waals surface area (Å²) in [6, 6.07) is 14.2. The number of nitrogens with one attached hydrogen (secondary N) is 2. The Kier molecular flexibility index (Phi) is 6.33. The number of rotatable bonds is 6. The van der Waals surface area contributed by atoms with E-state index in [1.165, 1.54) is 7.11 Å². The van der Waals surface area contributed by atoms with Gasteiger partial charge in [0.1, 0.15) is 18.1 Å². The maximum atomic E-state index is 12.3. The third kappa shape index (κ3) is 4.57. The van der Waals surface area contributed by atoms with Crippen molar-refractivity contribution in [2.24, 2.45) is 0 Å². The van der Waals surface area contributed by atoms with E-state index in [2.05, 4.69) is 17.2 Å². The lowest BCUT2D eigenvalue weighted by Gasteiger charge is -2.14. The maximum Gasteiger partial charge on any atom is 0.261 e. The fourth-order valence-corrected chi connectivity index (χ4v) is 2.20. The number of thiocarbonyl (C=S) groups is 1. The lowest BCUT2D eigenvalue weighted by Crippen LogP contribution is -2.34. The average Bonchev–Trinajstić information content (AvgIpc) is 2.60. The van der Waals surface area contributed by atoms with E-state index >= 15 is 0 Å². The minimum atomic E-state index is -0.352. The van der Waals surface area contributed by atoms with E-state index in [0.29, 0.717) is 29.4 Å². The number of benzene rings is 2. The van der Waals surface area contributed by atoms with Crippen molar-refractivity contribution >= 4 is 28.9 Å². The Morgan fingerprint density at radius 1 is 1.17 bits per heavy atom. The molecule has 0 fully saturated rings. The minimum Gasteiger partial charge on any atom is -0.496 e. The van der Waals surface area contributed by atoms with Crippen molar-refractivity contribution < 1.29 is 14.3 Å². The van der Waals surface area contributed by atoms with Crippen LogP contribution in [0.1, 0.15) is 10.4 Å². The molecule has 2 aromatic carbocycles. The van der Waals surface area contributed by atoms with Crippen molar-refractivity contribution in [1.82, 2.24) is 5.32 Å². The number of hydrogen-bond donors (Lipinski definition) is 2. The molecule has 0 atom stereocenters. The normalized spacial score (nSPS) is 9.71. The van der Waals surface area contributed by atoms with E-state index in [9.17, 15) is 4.79 Å². The van der Waals surface area contributed by atoms with Crippen LogP contribution in [-0.2, 0) is 0 Å². The third-order valence-electron chi connectivity index (χ3n) is 3.07. The van der Waals surface area contributed by atoms with Gasteiger partial charge in [-0.2, -0.15) is 0 Å². The topological polar surface area (TPSA) is 59.6 Å². The summed E-state index contributed by atoms with van der Waals surface area (Å²) in [7, 11) is 1.51. The third-order valence-corrected chi connectivity index (χ3v) is 3.27. The zero-order valence-electron chi connectivity index (χ0n) is 13.2. The first kappa shape index (κ1) is 17.5. The SMILES string of the molecule is C=CCOc1ccccc1NC(=S)NC(=O)c1ccccc1OC. The van der Waals surface area contributed by atoms with Crippen LogP contribution in [0.5, 0.6) is 11.5 Å². The number of hydrogen-bond acceptors (Lipinski definition) is 4. The average molecular weight is 342 g/mol. The fraction of sp³-hybridized carbons (Fsp3) is 0.111. The smallest absolute Gasteiger partial charge is 0.261 e. The van der Waals surface area contributed by atoms with Crippen LogP contribution >= 0.6 is 12.2 Å². The first-order chi connectivity index (χ1) is 11.7. The van der Waals surface area contributed by atoms with Crippen LogP contribution in [0.2, 0.25) is 0 Å². The van der Waals surface area contributed by atoms with Crippen LogP contribution in [0.3, 0.4) is 0 Å². The number of methoxy groups -OCH3 is 1. The zero-order valence-corrected chi connectivity index (χ0v) is 14.1. The molecule has 0 saturated carbocycles. The van der Waals surface area contributed by atoms with Gasteiger partial charge in [-0.05, 0) is 36.5 Å². The Bertz CT molecular complexity index is 747. The lowest BCUT2D eigenvalue weighted by molar-refractivity contribution is 0.0975. The van der Waals surface area contributed by atoms with Gasteiger partial charge in [0, 0.05) is 0 Å². The monoisotopic (exact) mass is 342 g/mol. The largest absolute Gasteiger partial charge is 0.496 e. The van der Waals surface area contributed by atoms with Crippen LogP contribution in [0.15, 0.2) is 61.2 Å². The van der Waals surface area contributed by atoms with E-state index in [4.69, 9.17) is 21.7 Å². The quantitative estimate of drug-likeness (QED) is 0.622. The van der Waals surface area contributed by atoms with Crippen molar-refractivity contribution in [3.8, 4) is 11.5 Å². The van der Waals surface area contributed by atoms with E-state index in [-0.39, 0.29) is 11.0 Å². The van der Waals surface area contributed by atoms with E-state index < -0.39 is 0 Å². The number of carbonyl (C=O) groups is 1. The van der Waals surface area contributed by atoms with Crippen LogP contribution in [0, 0.1) is 0 Å². The van der Waals surface area contributed by atoms with Crippen LogP contribution < -0.4 is 20.1 Å². The molecule has 6 heteroatoms. The van der Waals surface area contributed by atoms with Gasteiger partial charge in [0.05, 0.1) is 18.4 Å². The molecule has 5 nitrogen and oxygen atoms in total. The van der Waals surface area contributed by atoms with E-state index in [1.807, 2.05) is 12.1 Å². The van der Waals surface area contributed by atoms with Crippen molar-refractivity contribution in [1.29, 1.82) is 0 Å². The first-order valence-electron chi connectivity index (χ1n) is 7.23. The summed E-state index contributed by atoms with van der Waals surface area (Å²) in [5.41, 5.74) is 1.06. The van der Waals surface area contributed by atoms with Gasteiger partial charge in [0.2, 0.25) is 0 Å². The number of ether oxygens (including phenoxy) is 2. The van der Waals surface area contributed by atoms with Crippen molar-refractivity contribution in [3.63, 3.8) is 0 Å². The highest BCUT2D eigenvalue weighted by atomic mass is 32.1. The lowest BCUT2D eigenvalue weighted by atomic mass is 10.2. The summed E-state index contributed by atoms with van der Waals surface area (Å²) < 4.78 is 10.7. The van der Waals surface area contributed by atoms with Gasteiger partial charge in [-0.25, -0.2) is 0 Å². The molecule has 0 heterocycles. The van der Waals surface area contributed by atoms with Gasteiger partial charge in [0.25, 0.3) is 5.91 Å². The van der Waals surface area contributed by atoms with Gasteiger partial charge >= 0.3 is 0 Å². The molecule has 0 unspecified atom stereocenters. The van der Waals surface area contributed by atoms with Gasteiger partial charge in [0.15, 0.2) is 5.11 Å². The molecule has 2 rings (SSSR count). The van der Waals surface area contributed by atoms with E-state index in [1.54, 1.807) is 42.5 Å². The maximum absolute atomic E-state index is 12.3.